The molecule has 0 aliphatic rings. The van der Waals surface area contributed by atoms with Crippen LogP contribution in [0.5, 0.6) is 5.75 Å². The van der Waals surface area contributed by atoms with Gasteiger partial charge in [-0.15, -0.1) is 13.2 Å². The Balaban J connectivity index is 1.96. The van der Waals surface area contributed by atoms with Gasteiger partial charge in [-0.05, 0) is 24.3 Å². The minimum Gasteiger partial charge on any atom is -0.406 e. The third-order valence-electron chi connectivity index (χ3n) is 3.91. The molecule has 15 heteroatoms. The molecule has 0 radical (unpaired) electrons. The average Bonchev–Trinajstić information content (AvgIpc) is 3.24. The molecule has 3 aromatic rings. The van der Waals surface area contributed by atoms with Gasteiger partial charge in [0.2, 0.25) is 0 Å². The van der Waals surface area contributed by atoms with Crippen molar-refractivity contribution in [3.63, 3.8) is 0 Å². The number of benzene rings is 1. The van der Waals surface area contributed by atoms with Crippen LogP contribution in [0.3, 0.4) is 0 Å². The van der Waals surface area contributed by atoms with Crippen molar-refractivity contribution in [2.24, 2.45) is 7.05 Å². The standard InChI is InChI=1S/C17H11F8N5O2/c1-29-7-10(12(28-29)14(18)19)15(31)27-11-6-26-30(13(11)16(20,21)22)8-2-4-9(5-3-8)32-17(23,24)25/h2-7,14H,1H3,(H,27,31). The molecule has 0 aliphatic carbocycles. The number of nitrogens with zero attached hydrogens (tertiary/aromatic N) is 4. The van der Waals surface area contributed by atoms with Crippen molar-refractivity contribution in [2.75, 3.05) is 5.32 Å². The summed E-state index contributed by atoms with van der Waals surface area (Å²) in [6.07, 6.45) is -11.7. The molecule has 172 valence electrons. The monoisotopic (exact) mass is 469 g/mol. The summed E-state index contributed by atoms with van der Waals surface area (Å²) < 4.78 is 109. The first-order chi connectivity index (χ1) is 14.8. The van der Waals surface area contributed by atoms with Crippen LogP contribution in [-0.4, -0.2) is 31.8 Å². The fourth-order valence-electron chi connectivity index (χ4n) is 2.73. The average molecular weight is 469 g/mol. The van der Waals surface area contributed by atoms with E-state index in [1.807, 2.05) is 5.32 Å². The first kappa shape index (κ1) is 23.0. The zero-order valence-electron chi connectivity index (χ0n) is 15.7. The van der Waals surface area contributed by atoms with E-state index >= 15 is 0 Å². The second kappa shape index (κ2) is 8.12. The van der Waals surface area contributed by atoms with Crippen molar-refractivity contribution in [1.82, 2.24) is 19.6 Å². The van der Waals surface area contributed by atoms with Crippen LogP contribution in [0.2, 0.25) is 0 Å². The molecule has 1 N–H and O–H groups in total. The van der Waals surface area contributed by atoms with Crippen LogP contribution < -0.4 is 10.1 Å². The molecule has 0 aliphatic heterocycles. The van der Waals surface area contributed by atoms with Gasteiger partial charge in [0.15, 0.2) is 5.69 Å². The van der Waals surface area contributed by atoms with Crippen LogP contribution in [0.4, 0.5) is 40.8 Å². The van der Waals surface area contributed by atoms with Gasteiger partial charge in [0.1, 0.15) is 11.4 Å². The molecule has 32 heavy (non-hydrogen) atoms. The number of carbonyl (C=O) groups is 1. The van der Waals surface area contributed by atoms with Gasteiger partial charge in [0.05, 0.1) is 23.1 Å². The smallest absolute Gasteiger partial charge is 0.406 e. The number of rotatable bonds is 5. The van der Waals surface area contributed by atoms with Crippen LogP contribution >= 0.6 is 0 Å². The van der Waals surface area contributed by atoms with E-state index in [9.17, 15) is 39.9 Å². The van der Waals surface area contributed by atoms with Gasteiger partial charge in [-0.3, -0.25) is 9.48 Å². The Morgan fingerprint density at radius 1 is 1.09 bits per heavy atom. The maximum Gasteiger partial charge on any atom is 0.573 e. The summed E-state index contributed by atoms with van der Waals surface area (Å²) in [6, 6.07) is 3.30. The number of amides is 1. The number of ether oxygens (including phenoxy) is 1. The number of aromatic nitrogens is 4. The first-order valence-corrected chi connectivity index (χ1v) is 8.40. The predicted octanol–water partition coefficient (Wildman–Crippen LogP) is 4.71. The van der Waals surface area contributed by atoms with Crippen LogP contribution in [0, 0.1) is 0 Å². The van der Waals surface area contributed by atoms with Crippen molar-refractivity contribution in [3.8, 4) is 11.4 Å². The molecule has 2 aromatic heterocycles. The number of hydrogen-bond acceptors (Lipinski definition) is 4. The normalized spacial score (nSPS) is 12.3. The zero-order valence-corrected chi connectivity index (χ0v) is 15.7. The molecule has 0 unspecified atom stereocenters. The second-order valence-corrected chi connectivity index (χ2v) is 6.21. The predicted molar refractivity (Wildman–Crippen MR) is 91.4 cm³/mol. The lowest BCUT2D eigenvalue weighted by atomic mass is 10.2. The van der Waals surface area contributed by atoms with Crippen molar-refractivity contribution in [1.29, 1.82) is 0 Å². The summed E-state index contributed by atoms with van der Waals surface area (Å²) in [5.74, 6) is -1.96. The van der Waals surface area contributed by atoms with E-state index in [1.54, 1.807) is 0 Å². The van der Waals surface area contributed by atoms with Crippen molar-refractivity contribution < 1.29 is 44.7 Å². The van der Waals surface area contributed by atoms with Gasteiger partial charge in [0, 0.05) is 13.2 Å². The molecule has 7 nitrogen and oxygen atoms in total. The van der Waals surface area contributed by atoms with Gasteiger partial charge in [-0.25, -0.2) is 13.5 Å². The van der Waals surface area contributed by atoms with Gasteiger partial charge >= 0.3 is 12.5 Å². The van der Waals surface area contributed by atoms with E-state index in [0.29, 0.717) is 10.9 Å². The van der Waals surface area contributed by atoms with E-state index in [-0.39, 0.29) is 5.69 Å². The largest absolute Gasteiger partial charge is 0.573 e. The lowest BCUT2D eigenvalue weighted by molar-refractivity contribution is -0.274. The second-order valence-electron chi connectivity index (χ2n) is 6.21. The molecule has 0 saturated carbocycles. The Hall–Kier alpha value is -3.65. The molecule has 2 heterocycles. The molecule has 0 bridgehead atoms. The van der Waals surface area contributed by atoms with Crippen LogP contribution in [0.15, 0.2) is 36.7 Å². The molecule has 0 atom stereocenters. The fourth-order valence-corrected chi connectivity index (χ4v) is 2.73. The highest BCUT2D eigenvalue weighted by Crippen LogP contribution is 2.37. The number of alkyl halides is 8. The topological polar surface area (TPSA) is 74.0 Å². The highest BCUT2D eigenvalue weighted by Gasteiger charge is 2.40. The Morgan fingerprint density at radius 2 is 1.72 bits per heavy atom. The zero-order chi connectivity index (χ0) is 23.8. The maximum absolute atomic E-state index is 13.7. The molecule has 0 saturated heterocycles. The number of aryl methyl sites for hydroxylation is 1. The molecule has 1 aromatic carbocycles. The third-order valence-corrected chi connectivity index (χ3v) is 3.91. The number of carbonyl (C=O) groups excluding carboxylic acids is 1. The highest BCUT2D eigenvalue weighted by atomic mass is 19.4. The first-order valence-electron chi connectivity index (χ1n) is 8.40. The number of nitrogens with one attached hydrogen (secondary N) is 1. The van der Waals surface area contributed by atoms with Crippen molar-refractivity contribution >= 4 is 11.6 Å². The van der Waals surface area contributed by atoms with Gasteiger partial charge < -0.3 is 10.1 Å². The number of anilines is 1. The van der Waals surface area contributed by atoms with E-state index in [0.717, 1.165) is 35.1 Å². The molecule has 0 fully saturated rings. The SMILES string of the molecule is Cn1cc(C(=O)Nc2cnn(-c3ccc(OC(F)(F)F)cc3)c2C(F)(F)F)c(C(F)F)n1. The number of halogens is 8. The molecule has 0 spiro atoms. The Kier molecular flexibility index (Phi) is 5.84. The van der Waals surface area contributed by atoms with Crippen molar-refractivity contribution in [3.05, 3.63) is 53.6 Å². The minimum atomic E-state index is -5.08. The summed E-state index contributed by atoms with van der Waals surface area (Å²) >= 11 is 0. The highest BCUT2D eigenvalue weighted by molar-refractivity contribution is 6.05. The Morgan fingerprint density at radius 3 is 2.25 bits per heavy atom. The van der Waals surface area contributed by atoms with E-state index in [1.165, 1.54) is 7.05 Å². The van der Waals surface area contributed by atoms with Gasteiger partial charge in [-0.1, -0.05) is 0 Å². The summed E-state index contributed by atoms with van der Waals surface area (Å²) in [7, 11) is 1.24. The van der Waals surface area contributed by atoms with E-state index in [4.69, 9.17) is 0 Å². The lowest BCUT2D eigenvalue weighted by Crippen LogP contribution is -2.19. The minimum absolute atomic E-state index is 0.304. The van der Waals surface area contributed by atoms with E-state index < -0.39 is 53.3 Å². The quantitative estimate of drug-likeness (QED) is 0.550. The summed E-state index contributed by atoms with van der Waals surface area (Å²) in [5, 5.41) is 8.79. The van der Waals surface area contributed by atoms with Crippen LogP contribution in [-0.2, 0) is 13.2 Å². The number of hydrogen-bond donors (Lipinski definition) is 1. The van der Waals surface area contributed by atoms with Crippen LogP contribution in [0.1, 0.15) is 28.2 Å². The van der Waals surface area contributed by atoms with Gasteiger partial charge in [-0.2, -0.15) is 23.4 Å². The fraction of sp³-hybridized carbons (Fsp3) is 0.235. The summed E-state index contributed by atoms with van der Waals surface area (Å²) in [4.78, 5) is 12.3. The molecular formula is C17H11F8N5O2. The summed E-state index contributed by atoms with van der Waals surface area (Å²) in [6.45, 7) is 0. The van der Waals surface area contributed by atoms with E-state index in [2.05, 4.69) is 14.9 Å². The van der Waals surface area contributed by atoms with Crippen molar-refractivity contribution in [2.45, 2.75) is 19.0 Å². The maximum atomic E-state index is 13.7. The lowest BCUT2D eigenvalue weighted by Gasteiger charge is -2.14. The van der Waals surface area contributed by atoms with Gasteiger partial charge in [0.25, 0.3) is 12.3 Å². The van der Waals surface area contributed by atoms with Crippen LogP contribution in [0.25, 0.3) is 5.69 Å². The molecule has 1 amide bonds. The Bertz CT molecular complexity index is 1120. The Labute approximate surface area is 173 Å². The molecular weight excluding hydrogens is 458 g/mol. The summed E-state index contributed by atoms with van der Waals surface area (Å²) in [5.41, 5.74) is -4.22. The molecule has 3 rings (SSSR count). The third kappa shape index (κ3) is 4.97.